The molecule has 4 amide bonds. The van der Waals surface area contributed by atoms with E-state index in [1.165, 1.54) is 0 Å². The average molecular weight is 378 g/mol. The predicted molar refractivity (Wildman–Crippen MR) is 78.5 cm³/mol. The molecule has 8 heteroatoms. The van der Waals surface area contributed by atoms with Gasteiger partial charge in [0.1, 0.15) is 11.7 Å². The van der Waals surface area contributed by atoms with Crippen LogP contribution >= 0.6 is 27.5 Å². The third-order valence-corrected chi connectivity index (χ3v) is 3.97. The van der Waals surface area contributed by atoms with E-state index in [0.29, 0.717) is 0 Å². The van der Waals surface area contributed by atoms with E-state index in [1.807, 2.05) is 0 Å². The molecular formula is C13H11BrClFN2O3. The number of halogens is 3. The molecule has 0 aromatic heterocycles. The number of benzene rings is 1. The Morgan fingerprint density at radius 3 is 2.48 bits per heavy atom. The minimum absolute atomic E-state index is 0.0127. The minimum Gasteiger partial charge on any atom is -0.277 e. The van der Waals surface area contributed by atoms with Crippen molar-refractivity contribution < 1.29 is 18.8 Å². The summed E-state index contributed by atoms with van der Waals surface area (Å²) in [7, 11) is 0. The predicted octanol–water partition coefficient (Wildman–Crippen LogP) is 3.10. The molecule has 1 heterocycles. The van der Waals surface area contributed by atoms with Gasteiger partial charge in [-0.2, -0.15) is 0 Å². The lowest BCUT2D eigenvalue weighted by molar-refractivity contribution is -0.136. The van der Waals surface area contributed by atoms with Gasteiger partial charge in [0.15, 0.2) is 0 Å². The van der Waals surface area contributed by atoms with Crippen LogP contribution in [0.15, 0.2) is 16.6 Å². The molecule has 21 heavy (non-hydrogen) atoms. The lowest BCUT2D eigenvalue weighted by Crippen LogP contribution is -2.59. The Hall–Kier alpha value is -1.47. The van der Waals surface area contributed by atoms with Gasteiger partial charge < -0.3 is 0 Å². The number of carbonyl (C=O) groups excluding carboxylic acids is 3. The van der Waals surface area contributed by atoms with E-state index < -0.39 is 29.6 Å². The summed E-state index contributed by atoms with van der Waals surface area (Å²) in [5.41, 5.74) is 0.0127. The maximum Gasteiger partial charge on any atom is 0.335 e. The summed E-state index contributed by atoms with van der Waals surface area (Å²) in [6, 6.07) is 1.17. The summed E-state index contributed by atoms with van der Waals surface area (Å²) in [5, 5.41) is 2.00. The van der Waals surface area contributed by atoms with E-state index in [9.17, 15) is 18.8 Å². The maximum atomic E-state index is 13.3. The number of rotatable bonds is 2. The molecule has 0 saturated carbocycles. The van der Waals surface area contributed by atoms with Crippen LogP contribution in [0.1, 0.15) is 13.8 Å². The molecule has 1 aromatic rings. The van der Waals surface area contributed by atoms with Crippen LogP contribution in [0.3, 0.4) is 0 Å². The molecular weight excluding hydrogens is 367 g/mol. The van der Waals surface area contributed by atoms with Gasteiger partial charge in [0.25, 0.3) is 0 Å². The fourth-order valence-corrected chi connectivity index (χ4v) is 3.15. The fraction of sp³-hybridized carbons (Fsp3) is 0.308. The van der Waals surface area contributed by atoms with Gasteiger partial charge in [0.05, 0.1) is 10.7 Å². The Labute approximate surface area is 133 Å². The highest BCUT2D eigenvalue weighted by Crippen LogP contribution is 2.37. The zero-order valence-electron chi connectivity index (χ0n) is 11.1. The Morgan fingerprint density at radius 2 is 1.95 bits per heavy atom. The monoisotopic (exact) mass is 376 g/mol. The summed E-state index contributed by atoms with van der Waals surface area (Å²) >= 11 is 9.01. The van der Waals surface area contributed by atoms with E-state index in [2.05, 4.69) is 21.2 Å². The number of nitrogens with one attached hydrogen (secondary N) is 1. The second-order valence-corrected chi connectivity index (χ2v) is 6.17. The summed E-state index contributed by atoms with van der Waals surface area (Å²) < 4.78 is 13.4. The molecule has 112 valence electrons. The lowest BCUT2D eigenvalue weighted by Gasteiger charge is -2.32. The third kappa shape index (κ3) is 2.80. The van der Waals surface area contributed by atoms with Gasteiger partial charge in [0, 0.05) is 4.47 Å². The van der Waals surface area contributed by atoms with Crippen molar-refractivity contribution in [3.63, 3.8) is 0 Å². The van der Waals surface area contributed by atoms with Crippen molar-refractivity contribution in [1.82, 2.24) is 5.32 Å². The number of nitrogens with zero attached hydrogens (tertiary/aromatic N) is 1. The smallest absolute Gasteiger partial charge is 0.277 e. The zero-order chi connectivity index (χ0) is 15.9. The number of barbiturate groups is 1. The number of carbonyl (C=O) groups is 3. The molecule has 0 aliphatic carbocycles. The van der Waals surface area contributed by atoms with Crippen LogP contribution in [0, 0.1) is 17.7 Å². The van der Waals surface area contributed by atoms with Gasteiger partial charge in [-0.3, -0.25) is 14.9 Å². The van der Waals surface area contributed by atoms with Crippen LogP contribution < -0.4 is 10.2 Å². The van der Waals surface area contributed by atoms with E-state index in [4.69, 9.17) is 11.6 Å². The SMILES string of the molecule is CC(C)C1C(=O)NC(=O)N(c2c(Cl)cc(F)cc2Br)C1=O. The number of amides is 4. The van der Waals surface area contributed by atoms with Gasteiger partial charge in [-0.15, -0.1) is 0 Å². The lowest BCUT2D eigenvalue weighted by atomic mass is 9.92. The fourth-order valence-electron chi connectivity index (χ4n) is 2.14. The van der Waals surface area contributed by atoms with Crippen molar-refractivity contribution in [2.24, 2.45) is 11.8 Å². The number of hydrogen-bond donors (Lipinski definition) is 1. The molecule has 1 unspecified atom stereocenters. The molecule has 2 rings (SSSR count). The van der Waals surface area contributed by atoms with Gasteiger partial charge in [-0.05, 0) is 34.0 Å². The third-order valence-electron chi connectivity index (χ3n) is 3.07. The molecule has 1 saturated heterocycles. The Morgan fingerprint density at radius 1 is 1.33 bits per heavy atom. The van der Waals surface area contributed by atoms with Crippen LogP contribution in [0.25, 0.3) is 0 Å². The van der Waals surface area contributed by atoms with Crippen molar-refractivity contribution in [3.05, 3.63) is 27.4 Å². The second kappa shape index (κ2) is 5.73. The number of urea groups is 1. The first-order valence-corrected chi connectivity index (χ1v) is 7.24. The average Bonchev–Trinajstić information content (AvgIpc) is 2.30. The van der Waals surface area contributed by atoms with Crippen LogP contribution in [-0.4, -0.2) is 17.8 Å². The highest BCUT2D eigenvalue weighted by Gasteiger charge is 2.44. The first-order chi connectivity index (χ1) is 9.73. The molecule has 0 bridgehead atoms. The Bertz CT molecular complexity index is 627. The summed E-state index contributed by atoms with van der Waals surface area (Å²) in [6.45, 7) is 3.38. The van der Waals surface area contributed by atoms with E-state index >= 15 is 0 Å². The van der Waals surface area contributed by atoms with Crippen LogP contribution in [0.4, 0.5) is 14.9 Å². The topological polar surface area (TPSA) is 66.5 Å². The highest BCUT2D eigenvalue weighted by atomic mass is 79.9. The molecule has 1 atom stereocenters. The van der Waals surface area contributed by atoms with Crippen molar-refractivity contribution in [2.75, 3.05) is 4.90 Å². The molecule has 1 fully saturated rings. The standard InChI is InChI=1S/C13H11BrClFN2O3/c1-5(2)9-11(19)17-13(21)18(12(9)20)10-7(14)3-6(16)4-8(10)15/h3-5,9H,1-2H3,(H,17,19,21). The zero-order valence-corrected chi connectivity index (χ0v) is 13.5. The van der Waals surface area contributed by atoms with Gasteiger partial charge in [0.2, 0.25) is 11.8 Å². The van der Waals surface area contributed by atoms with E-state index in [-0.39, 0.29) is 21.1 Å². The highest BCUT2D eigenvalue weighted by molar-refractivity contribution is 9.10. The number of imide groups is 2. The first-order valence-electron chi connectivity index (χ1n) is 6.07. The Kier molecular flexibility index (Phi) is 4.34. The molecule has 5 nitrogen and oxygen atoms in total. The number of hydrogen-bond acceptors (Lipinski definition) is 3. The van der Waals surface area contributed by atoms with Crippen molar-refractivity contribution in [3.8, 4) is 0 Å². The van der Waals surface area contributed by atoms with Crippen molar-refractivity contribution in [1.29, 1.82) is 0 Å². The molecule has 1 N–H and O–H groups in total. The van der Waals surface area contributed by atoms with Gasteiger partial charge in [-0.25, -0.2) is 14.1 Å². The molecule has 0 spiro atoms. The first kappa shape index (κ1) is 15.9. The molecule has 1 aliphatic heterocycles. The van der Waals surface area contributed by atoms with E-state index in [0.717, 1.165) is 17.0 Å². The molecule has 1 aliphatic rings. The van der Waals surface area contributed by atoms with Gasteiger partial charge in [-0.1, -0.05) is 25.4 Å². The maximum absolute atomic E-state index is 13.3. The van der Waals surface area contributed by atoms with Crippen molar-refractivity contribution in [2.45, 2.75) is 13.8 Å². The van der Waals surface area contributed by atoms with Crippen LogP contribution in [0.2, 0.25) is 5.02 Å². The van der Waals surface area contributed by atoms with Crippen LogP contribution in [-0.2, 0) is 9.59 Å². The van der Waals surface area contributed by atoms with Gasteiger partial charge >= 0.3 is 6.03 Å². The van der Waals surface area contributed by atoms with Crippen LogP contribution in [0.5, 0.6) is 0 Å². The molecule has 0 radical (unpaired) electrons. The normalized spacial score (nSPS) is 19.2. The molecule has 1 aromatic carbocycles. The summed E-state index contributed by atoms with van der Waals surface area (Å²) in [5.74, 6) is -3.25. The van der Waals surface area contributed by atoms with Crippen molar-refractivity contribution >= 4 is 51.1 Å². The quantitative estimate of drug-likeness (QED) is 0.805. The second-order valence-electron chi connectivity index (χ2n) is 4.91. The Balaban J connectivity index is 2.55. The number of anilines is 1. The van der Waals surface area contributed by atoms with E-state index in [1.54, 1.807) is 13.8 Å². The largest absolute Gasteiger partial charge is 0.335 e. The minimum atomic E-state index is -1.00. The summed E-state index contributed by atoms with van der Waals surface area (Å²) in [6.07, 6.45) is 0. The summed E-state index contributed by atoms with van der Waals surface area (Å²) in [4.78, 5) is 37.0.